The summed E-state index contributed by atoms with van der Waals surface area (Å²) in [5.41, 5.74) is 0. The van der Waals surface area contributed by atoms with Gasteiger partial charge in [-0.1, -0.05) is 38.3 Å². The van der Waals surface area contributed by atoms with E-state index in [0.29, 0.717) is 0 Å². The third kappa shape index (κ3) is 8.68. The smallest absolute Gasteiger partial charge is 0.00416 e. The van der Waals surface area contributed by atoms with Gasteiger partial charge < -0.3 is 0 Å². The summed E-state index contributed by atoms with van der Waals surface area (Å²) in [5.74, 6) is 0. The van der Waals surface area contributed by atoms with Crippen LogP contribution in [0, 0.1) is 0 Å². The molecular weight excluding hydrogens is 188 g/mol. The van der Waals surface area contributed by atoms with Gasteiger partial charge in [0, 0.05) is 5.25 Å². The largest absolute Gasteiger partial charge is 0.162 e. The zero-order chi connectivity index (χ0) is 10.6. The highest BCUT2D eigenvalue weighted by atomic mass is 32.2. The van der Waals surface area contributed by atoms with Gasteiger partial charge in [-0.25, -0.2) is 0 Å². The summed E-state index contributed by atoms with van der Waals surface area (Å²) in [6.07, 6.45) is 16.3. The van der Waals surface area contributed by atoms with Crippen molar-refractivity contribution in [3.63, 3.8) is 0 Å². The van der Waals surface area contributed by atoms with Crippen LogP contribution in [-0.2, 0) is 0 Å². The normalized spacial score (nSPS) is 13.6. The van der Waals surface area contributed by atoms with Crippen LogP contribution in [0.2, 0.25) is 0 Å². The quantitative estimate of drug-likeness (QED) is 0.382. The molecule has 0 radical (unpaired) electrons. The Kier molecular flexibility index (Phi) is 11.2. The second kappa shape index (κ2) is 11.2. The van der Waals surface area contributed by atoms with Crippen LogP contribution in [0.1, 0.15) is 58.8 Å². The van der Waals surface area contributed by atoms with Gasteiger partial charge in [0.15, 0.2) is 0 Å². The van der Waals surface area contributed by atoms with E-state index in [4.69, 9.17) is 0 Å². The van der Waals surface area contributed by atoms with Crippen molar-refractivity contribution in [3.05, 3.63) is 12.2 Å². The summed E-state index contributed by atoms with van der Waals surface area (Å²) in [4.78, 5) is 0. The van der Waals surface area contributed by atoms with Gasteiger partial charge in [0.05, 0.1) is 0 Å². The molecule has 0 aliphatic rings. The van der Waals surface area contributed by atoms with E-state index >= 15 is 0 Å². The molecule has 0 saturated heterocycles. The first kappa shape index (κ1) is 14.1. The Labute approximate surface area is 94.6 Å². The maximum absolute atomic E-state index is 2.30. The predicted molar refractivity (Wildman–Crippen MR) is 70.1 cm³/mol. The molecule has 0 aromatic heterocycles. The number of thioether (sulfide) groups is 1. The lowest BCUT2D eigenvalue weighted by molar-refractivity contribution is 0.600. The van der Waals surface area contributed by atoms with Crippen LogP contribution in [0.15, 0.2) is 12.2 Å². The van der Waals surface area contributed by atoms with Crippen LogP contribution in [-0.4, -0.2) is 11.5 Å². The highest BCUT2D eigenvalue weighted by molar-refractivity contribution is 7.99. The molecule has 0 rings (SSSR count). The first-order chi connectivity index (χ1) is 6.85. The zero-order valence-corrected chi connectivity index (χ0v) is 10.9. The second-order valence-corrected chi connectivity index (χ2v) is 4.96. The molecule has 0 aliphatic heterocycles. The van der Waals surface area contributed by atoms with Crippen LogP contribution in [0.4, 0.5) is 0 Å². The van der Waals surface area contributed by atoms with Crippen LogP contribution >= 0.6 is 11.8 Å². The second-order valence-electron chi connectivity index (χ2n) is 3.83. The average Bonchev–Trinajstić information content (AvgIpc) is 2.22. The third-order valence-electron chi connectivity index (χ3n) is 2.67. The highest BCUT2D eigenvalue weighted by Crippen LogP contribution is 2.18. The summed E-state index contributed by atoms with van der Waals surface area (Å²) >= 11 is 2.03. The van der Waals surface area contributed by atoms with Crippen molar-refractivity contribution in [2.75, 3.05) is 6.26 Å². The molecule has 14 heavy (non-hydrogen) atoms. The molecular formula is C13H26S. The minimum absolute atomic E-state index is 0.908. The molecule has 0 heterocycles. The van der Waals surface area contributed by atoms with Crippen molar-refractivity contribution in [2.45, 2.75) is 64.0 Å². The lowest BCUT2D eigenvalue weighted by atomic mass is 10.1. The third-order valence-corrected chi connectivity index (χ3v) is 3.91. The number of hydrogen-bond donors (Lipinski definition) is 0. The van der Waals surface area contributed by atoms with Gasteiger partial charge in [-0.3, -0.25) is 0 Å². The Bertz CT molecular complexity index is 125. The summed E-state index contributed by atoms with van der Waals surface area (Å²) in [7, 11) is 0. The van der Waals surface area contributed by atoms with E-state index in [1.807, 2.05) is 11.8 Å². The molecule has 1 atom stereocenters. The highest BCUT2D eigenvalue weighted by Gasteiger charge is 2.02. The van der Waals surface area contributed by atoms with E-state index in [0.717, 1.165) is 5.25 Å². The van der Waals surface area contributed by atoms with E-state index in [2.05, 4.69) is 32.3 Å². The van der Waals surface area contributed by atoms with Gasteiger partial charge in [-0.2, -0.15) is 11.8 Å². The van der Waals surface area contributed by atoms with Gasteiger partial charge in [0.2, 0.25) is 0 Å². The fourth-order valence-corrected chi connectivity index (χ4v) is 2.38. The molecule has 0 aromatic rings. The first-order valence-electron chi connectivity index (χ1n) is 5.99. The van der Waals surface area contributed by atoms with E-state index in [1.165, 1.54) is 44.9 Å². The van der Waals surface area contributed by atoms with Gasteiger partial charge in [0.1, 0.15) is 0 Å². The Balaban J connectivity index is 3.12. The number of hydrogen-bond acceptors (Lipinski definition) is 1. The Hall–Kier alpha value is 0.0900. The monoisotopic (exact) mass is 214 g/mol. The molecule has 0 nitrogen and oxygen atoms in total. The summed E-state index contributed by atoms with van der Waals surface area (Å²) in [6, 6.07) is 0. The van der Waals surface area contributed by atoms with Crippen molar-refractivity contribution in [1.82, 2.24) is 0 Å². The minimum Gasteiger partial charge on any atom is -0.162 e. The van der Waals surface area contributed by atoms with E-state index in [-0.39, 0.29) is 0 Å². The summed E-state index contributed by atoms with van der Waals surface area (Å²) < 4.78 is 0. The maximum Gasteiger partial charge on any atom is 0.00416 e. The first-order valence-corrected chi connectivity index (χ1v) is 7.27. The molecule has 84 valence electrons. The average molecular weight is 214 g/mol. The zero-order valence-electron chi connectivity index (χ0n) is 10.1. The van der Waals surface area contributed by atoms with Gasteiger partial charge >= 0.3 is 0 Å². The van der Waals surface area contributed by atoms with Crippen molar-refractivity contribution < 1.29 is 0 Å². The van der Waals surface area contributed by atoms with Crippen LogP contribution < -0.4 is 0 Å². The fourth-order valence-electron chi connectivity index (χ4n) is 1.64. The van der Waals surface area contributed by atoms with Gasteiger partial charge in [-0.15, -0.1) is 0 Å². The van der Waals surface area contributed by atoms with E-state index < -0.39 is 0 Å². The number of unbranched alkanes of at least 4 members (excludes halogenated alkanes) is 4. The molecule has 0 amide bonds. The van der Waals surface area contributed by atoms with E-state index in [9.17, 15) is 0 Å². The van der Waals surface area contributed by atoms with Crippen molar-refractivity contribution in [1.29, 1.82) is 0 Å². The molecule has 0 saturated carbocycles. The van der Waals surface area contributed by atoms with Crippen molar-refractivity contribution in [3.8, 4) is 0 Å². The molecule has 0 fully saturated rings. The molecule has 0 aliphatic carbocycles. The SMILES string of the molecule is C/C=C/CCCCCCC(CC)SC. The maximum atomic E-state index is 2.30. The Morgan fingerprint density at radius 1 is 1.14 bits per heavy atom. The fraction of sp³-hybridized carbons (Fsp3) is 0.846. The number of rotatable bonds is 9. The standard InChI is InChI=1S/C13H26S/c1-4-6-7-8-9-10-11-12-13(5-2)14-3/h4,6,13H,5,7-12H2,1-3H3/b6-4+. The van der Waals surface area contributed by atoms with Gasteiger partial charge in [-0.05, 0) is 38.9 Å². The molecule has 0 spiro atoms. The lowest BCUT2D eigenvalue weighted by Crippen LogP contribution is -1.99. The Morgan fingerprint density at radius 2 is 1.86 bits per heavy atom. The number of allylic oxidation sites excluding steroid dienone is 2. The topological polar surface area (TPSA) is 0 Å². The van der Waals surface area contributed by atoms with Crippen molar-refractivity contribution >= 4 is 11.8 Å². The van der Waals surface area contributed by atoms with E-state index in [1.54, 1.807) is 0 Å². The summed E-state index contributed by atoms with van der Waals surface area (Å²) in [5, 5.41) is 0.908. The van der Waals surface area contributed by atoms with Crippen LogP contribution in [0.3, 0.4) is 0 Å². The Morgan fingerprint density at radius 3 is 2.43 bits per heavy atom. The lowest BCUT2D eigenvalue weighted by Gasteiger charge is -2.10. The minimum atomic E-state index is 0.908. The predicted octanol–water partition coefficient (Wildman–Crippen LogP) is 5.04. The molecule has 1 unspecified atom stereocenters. The molecule has 0 bridgehead atoms. The van der Waals surface area contributed by atoms with Crippen LogP contribution in [0.25, 0.3) is 0 Å². The van der Waals surface area contributed by atoms with Crippen molar-refractivity contribution in [2.24, 2.45) is 0 Å². The molecule has 0 N–H and O–H groups in total. The molecule has 0 aromatic carbocycles. The summed E-state index contributed by atoms with van der Waals surface area (Å²) in [6.45, 7) is 4.40. The molecule has 1 heteroatoms. The van der Waals surface area contributed by atoms with Crippen LogP contribution in [0.5, 0.6) is 0 Å². The van der Waals surface area contributed by atoms with Gasteiger partial charge in [0.25, 0.3) is 0 Å².